The van der Waals surface area contributed by atoms with Gasteiger partial charge in [0.15, 0.2) is 0 Å². The van der Waals surface area contributed by atoms with Crippen molar-refractivity contribution in [3.63, 3.8) is 0 Å². The lowest BCUT2D eigenvalue weighted by molar-refractivity contribution is 0.0498. The lowest BCUT2D eigenvalue weighted by Gasteiger charge is -2.34. The minimum absolute atomic E-state index is 0.0541. The molecule has 0 aromatic heterocycles. The molecule has 3 aromatic rings. The van der Waals surface area contributed by atoms with Gasteiger partial charge in [-0.05, 0) is 23.6 Å². The van der Waals surface area contributed by atoms with Crippen LogP contribution in [0.25, 0.3) is 0 Å². The van der Waals surface area contributed by atoms with Crippen molar-refractivity contribution in [2.75, 3.05) is 0 Å². The fraction of sp³-hybridized carbons (Fsp3) is 0.217. The van der Waals surface area contributed by atoms with Gasteiger partial charge in [0, 0.05) is 13.1 Å². The summed E-state index contributed by atoms with van der Waals surface area (Å²) < 4.78 is 0. The molecule has 0 heterocycles. The number of hydrogen-bond donors (Lipinski definition) is 1. The molecule has 128 valence electrons. The van der Waals surface area contributed by atoms with Crippen LogP contribution in [0.4, 0.5) is 0 Å². The lowest BCUT2D eigenvalue weighted by atomic mass is 9.99. The molecule has 0 aliphatic heterocycles. The van der Waals surface area contributed by atoms with Gasteiger partial charge in [0.1, 0.15) is 0 Å². The lowest BCUT2D eigenvalue weighted by Crippen LogP contribution is -2.34. The first kappa shape index (κ1) is 17.4. The molecule has 0 saturated carbocycles. The third-order valence-corrected chi connectivity index (χ3v) is 4.45. The summed E-state index contributed by atoms with van der Waals surface area (Å²) in [6.07, 6.45) is -0.463. The second kappa shape index (κ2) is 8.61. The zero-order chi connectivity index (χ0) is 17.5. The van der Waals surface area contributed by atoms with E-state index in [1.54, 1.807) is 0 Å². The van der Waals surface area contributed by atoms with E-state index in [1.165, 1.54) is 11.1 Å². The van der Waals surface area contributed by atoms with Gasteiger partial charge >= 0.3 is 0 Å². The summed E-state index contributed by atoms with van der Waals surface area (Å²) in [5, 5.41) is 10.6. The molecule has 1 N–H and O–H groups in total. The molecule has 2 heteroatoms. The molecule has 0 aliphatic carbocycles. The largest absolute Gasteiger partial charge is 0.391 e. The summed E-state index contributed by atoms with van der Waals surface area (Å²) in [7, 11) is 0. The van der Waals surface area contributed by atoms with E-state index in [-0.39, 0.29) is 6.04 Å². The van der Waals surface area contributed by atoms with Crippen LogP contribution in [0.1, 0.15) is 29.7 Å². The van der Waals surface area contributed by atoms with Gasteiger partial charge in [0.2, 0.25) is 0 Å². The fourth-order valence-corrected chi connectivity index (χ4v) is 3.33. The first-order valence-corrected chi connectivity index (χ1v) is 8.79. The van der Waals surface area contributed by atoms with Gasteiger partial charge in [-0.15, -0.1) is 0 Å². The molecule has 0 amide bonds. The normalized spacial score (nSPS) is 13.6. The molecule has 0 unspecified atom stereocenters. The zero-order valence-electron chi connectivity index (χ0n) is 14.6. The summed E-state index contributed by atoms with van der Waals surface area (Å²) in [5.74, 6) is 0. The summed E-state index contributed by atoms with van der Waals surface area (Å²) in [6, 6.07) is 31.1. The van der Waals surface area contributed by atoms with Gasteiger partial charge in [-0.3, -0.25) is 4.90 Å². The predicted molar refractivity (Wildman–Crippen MR) is 103 cm³/mol. The van der Waals surface area contributed by atoms with Gasteiger partial charge in [-0.25, -0.2) is 0 Å². The first-order chi connectivity index (χ1) is 12.2. The van der Waals surface area contributed by atoms with E-state index in [0.29, 0.717) is 0 Å². The highest BCUT2D eigenvalue weighted by Gasteiger charge is 2.25. The number of benzene rings is 3. The minimum Gasteiger partial charge on any atom is -0.391 e. The molecule has 25 heavy (non-hydrogen) atoms. The van der Waals surface area contributed by atoms with Crippen molar-refractivity contribution in [3.8, 4) is 0 Å². The van der Waals surface area contributed by atoms with Gasteiger partial charge in [0.05, 0.1) is 12.1 Å². The van der Waals surface area contributed by atoms with E-state index >= 15 is 0 Å². The van der Waals surface area contributed by atoms with Gasteiger partial charge < -0.3 is 5.11 Å². The van der Waals surface area contributed by atoms with Crippen molar-refractivity contribution in [2.45, 2.75) is 32.2 Å². The molecule has 0 saturated heterocycles. The molecule has 0 fully saturated rings. The van der Waals surface area contributed by atoms with Crippen LogP contribution in [0.2, 0.25) is 0 Å². The molecule has 0 spiro atoms. The Labute approximate surface area is 150 Å². The van der Waals surface area contributed by atoms with Crippen LogP contribution >= 0.6 is 0 Å². The van der Waals surface area contributed by atoms with E-state index in [4.69, 9.17) is 0 Å². The van der Waals surface area contributed by atoms with E-state index in [2.05, 4.69) is 65.6 Å². The molecule has 0 aliphatic rings. The smallest absolute Gasteiger partial charge is 0.0709 e. The second-order valence-corrected chi connectivity index (χ2v) is 6.47. The SMILES string of the molecule is C[C@H](O)[C@@H](c1ccccc1)N(Cc1ccccc1)Cc1ccccc1. The molecule has 3 rings (SSSR count). The average Bonchev–Trinajstić information content (AvgIpc) is 2.64. The fourth-order valence-electron chi connectivity index (χ4n) is 3.33. The van der Waals surface area contributed by atoms with E-state index in [0.717, 1.165) is 18.7 Å². The molecular formula is C23H25NO. The van der Waals surface area contributed by atoms with E-state index in [1.807, 2.05) is 37.3 Å². The summed E-state index contributed by atoms with van der Waals surface area (Å²) in [6.45, 7) is 3.46. The Bertz CT molecular complexity index is 699. The maximum atomic E-state index is 10.6. The van der Waals surface area contributed by atoms with Crippen molar-refractivity contribution in [1.82, 2.24) is 4.90 Å². The number of hydrogen-bond acceptors (Lipinski definition) is 2. The standard InChI is InChI=1S/C23H25NO/c1-19(25)23(22-15-9-4-10-16-22)24(17-20-11-5-2-6-12-20)18-21-13-7-3-8-14-21/h2-16,19,23,25H,17-18H2,1H3/t19-,23-/m0/s1. The maximum absolute atomic E-state index is 10.6. The first-order valence-electron chi connectivity index (χ1n) is 8.79. The molecule has 3 aromatic carbocycles. The molecule has 2 nitrogen and oxygen atoms in total. The van der Waals surface area contributed by atoms with Crippen LogP contribution in [-0.4, -0.2) is 16.1 Å². The summed E-state index contributed by atoms with van der Waals surface area (Å²) >= 11 is 0. The van der Waals surface area contributed by atoms with Crippen LogP contribution in [-0.2, 0) is 13.1 Å². The monoisotopic (exact) mass is 331 g/mol. The van der Waals surface area contributed by atoms with Crippen LogP contribution in [0, 0.1) is 0 Å². The van der Waals surface area contributed by atoms with Crippen molar-refractivity contribution in [3.05, 3.63) is 108 Å². The Morgan fingerprint density at radius 2 is 1.08 bits per heavy atom. The van der Waals surface area contributed by atoms with Crippen molar-refractivity contribution < 1.29 is 5.11 Å². The second-order valence-electron chi connectivity index (χ2n) is 6.47. The Morgan fingerprint density at radius 1 is 0.680 bits per heavy atom. The van der Waals surface area contributed by atoms with Crippen LogP contribution in [0.5, 0.6) is 0 Å². The van der Waals surface area contributed by atoms with Gasteiger partial charge in [-0.2, -0.15) is 0 Å². The van der Waals surface area contributed by atoms with Crippen LogP contribution < -0.4 is 0 Å². The zero-order valence-corrected chi connectivity index (χ0v) is 14.6. The molecule has 0 radical (unpaired) electrons. The van der Waals surface area contributed by atoms with Gasteiger partial charge in [-0.1, -0.05) is 91.0 Å². The molecule has 2 atom stereocenters. The van der Waals surface area contributed by atoms with Gasteiger partial charge in [0.25, 0.3) is 0 Å². The minimum atomic E-state index is -0.463. The summed E-state index contributed by atoms with van der Waals surface area (Å²) in [5.41, 5.74) is 3.64. The van der Waals surface area contributed by atoms with E-state index in [9.17, 15) is 5.11 Å². The van der Waals surface area contributed by atoms with Crippen molar-refractivity contribution in [1.29, 1.82) is 0 Å². The number of aliphatic hydroxyl groups is 1. The highest BCUT2D eigenvalue weighted by molar-refractivity contribution is 5.23. The van der Waals surface area contributed by atoms with Crippen molar-refractivity contribution in [2.24, 2.45) is 0 Å². The quantitative estimate of drug-likeness (QED) is 0.671. The topological polar surface area (TPSA) is 23.5 Å². The van der Waals surface area contributed by atoms with Crippen LogP contribution in [0.3, 0.4) is 0 Å². The Balaban J connectivity index is 1.93. The highest BCUT2D eigenvalue weighted by atomic mass is 16.3. The van der Waals surface area contributed by atoms with E-state index < -0.39 is 6.10 Å². The summed E-state index contributed by atoms with van der Waals surface area (Å²) in [4.78, 5) is 2.35. The third-order valence-electron chi connectivity index (χ3n) is 4.45. The van der Waals surface area contributed by atoms with Crippen molar-refractivity contribution >= 4 is 0 Å². The Hall–Kier alpha value is -2.42. The highest BCUT2D eigenvalue weighted by Crippen LogP contribution is 2.28. The third kappa shape index (κ3) is 4.79. The predicted octanol–water partition coefficient (Wildman–Crippen LogP) is 4.81. The molecule has 0 bridgehead atoms. The van der Waals surface area contributed by atoms with Crippen LogP contribution in [0.15, 0.2) is 91.0 Å². The Kier molecular flexibility index (Phi) is 5.99. The number of aliphatic hydroxyl groups excluding tert-OH is 1. The Morgan fingerprint density at radius 3 is 1.48 bits per heavy atom. The molecular weight excluding hydrogens is 306 g/mol. The average molecular weight is 331 g/mol. The number of rotatable bonds is 7. The number of nitrogens with zero attached hydrogens (tertiary/aromatic N) is 1. The maximum Gasteiger partial charge on any atom is 0.0709 e.